The maximum Gasteiger partial charge on any atom is 0.306 e. The molecule has 0 aromatic carbocycles. The van der Waals surface area contributed by atoms with Gasteiger partial charge in [-0.05, 0) is 63.9 Å². The first-order chi connectivity index (χ1) is 33.9. The summed E-state index contributed by atoms with van der Waals surface area (Å²) in [7, 11) is 1.19. The summed E-state index contributed by atoms with van der Waals surface area (Å²) in [6.07, 6.45) is 59.6. The molecule has 0 fully saturated rings. The highest BCUT2D eigenvalue weighted by Crippen LogP contribution is 2.38. The van der Waals surface area contributed by atoms with Crippen LogP contribution in [0.15, 0.2) is 36.5 Å². The van der Waals surface area contributed by atoms with E-state index in [9.17, 15) is 19.0 Å². The number of phosphoric ester groups is 1. The highest BCUT2D eigenvalue weighted by molar-refractivity contribution is 7.45. The van der Waals surface area contributed by atoms with E-state index in [4.69, 9.17) is 13.8 Å². The van der Waals surface area contributed by atoms with Crippen molar-refractivity contribution in [3.63, 3.8) is 0 Å². The predicted molar refractivity (Wildman–Crippen MR) is 298 cm³/mol. The summed E-state index contributed by atoms with van der Waals surface area (Å²) < 4.78 is 30.3. The van der Waals surface area contributed by atoms with E-state index in [1.54, 1.807) is 0 Å². The first-order valence-corrected chi connectivity index (χ1v) is 31.3. The number of esters is 1. The second kappa shape index (κ2) is 50.7. The van der Waals surface area contributed by atoms with Crippen molar-refractivity contribution >= 4 is 19.7 Å². The van der Waals surface area contributed by atoms with Crippen molar-refractivity contribution in [1.29, 1.82) is 0 Å². The van der Waals surface area contributed by atoms with Crippen LogP contribution in [-0.4, -0.2) is 69.4 Å². The Morgan fingerprint density at radius 1 is 0.500 bits per heavy atom. The molecule has 0 aromatic rings. The SMILES string of the molecule is CCCCC/C=C\C/C=C\CCCCCCCCCCCC(=O)NC(COP(=O)([O-])OCC[N+](C)(C)C)C(/C=C\CCCCCCCCCCCC)OC(=O)CCCCCCCCCCCCCCC. The minimum atomic E-state index is -4.69. The lowest BCUT2D eigenvalue weighted by atomic mass is 10.0. The Morgan fingerprint density at radius 2 is 0.871 bits per heavy atom. The number of nitrogens with zero attached hydrogens (tertiary/aromatic N) is 1. The summed E-state index contributed by atoms with van der Waals surface area (Å²) in [6.45, 7) is 6.83. The van der Waals surface area contributed by atoms with Gasteiger partial charge in [0, 0.05) is 12.8 Å². The molecule has 9 nitrogen and oxygen atoms in total. The van der Waals surface area contributed by atoms with Crippen LogP contribution in [0.25, 0.3) is 0 Å². The zero-order chi connectivity index (χ0) is 51.5. The van der Waals surface area contributed by atoms with E-state index in [2.05, 4.69) is 50.4 Å². The molecule has 0 aliphatic carbocycles. The van der Waals surface area contributed by atoms with Crippen molar-refractivity contribution in [3.8, 4) is 0 Å². The van der Waals surface area contributed by atoms with Gasteiger partial charge < -0.3 is 28.5 Å². The third kappa shape index (κ3) is 51.1. The van der Waals surface area contributed by atoms with Crippen molar-refractivity contribution in [3.05, 3.63) is 36.5 Å². The molecule has 0 heterocycles. The van der Waals surface area contributed by atoms with Crippen LogP contribution in [0.4, 0.5) is 0 Å². The Labute approximate surface area is 434 Å². The average molecular weight is 1010 g/mol. The fourth-order valence-corrected chi connectivity index (χ4v) is 9.39. The van der Waals surface area contributed by atoms with Gasteiger partial charge in [-0.2, -0.15) is 0 Å². The number of amides is 1. The van der Waals surface area contributed by atoms with E-state index < -0.39 is 20.0 Å². The van der Waals surface area contributed by atoms with Crippen molar-refractivity contribution in [2.75, 3.05) is 40.9 Å². The summed E-state index contributed by atoms with van der Waals surface area (Å²) >= 11 is 0. The number of carbonyl (C=O) groups is 2. The molecule has 0 radical (unpaired) electrons. The van der Waals surface area contributed by atoms with Crippen molar-refractivity contribution in [2.24, 2.45) is 0 Å². The van der Waals surface area contributed by atoms with Gasteiger partial charge in [0.05, 0.1) is 33.8 Å². The average Bonchev–Trinajstić information content (AvgIpc) is 3.32. The standard InChI is InChI=1S/C60H115N2O7P/c1-7-10-13-16-19-22-25-28-29-30-31-32-33-35-37-40-43-46-49-52-59(63)61-57(56-68-70(65,66)67-55-54-62(4,5)6)58(51-48-45-42-39-36-27-24-21-18-15-12-9-3)69-60(64)53-50-47-44-41-38-34-26-23-20-17-14-11-8-2/h19,22,28-29,48,51,57-58H,7-18,20-21,23-27,30-47,49-50,52-56H2,1-6H3,(H-,61,63,65,66)/b22-19-,29-28-,51-48-. The topological polar surface area (TPSA) is 114 Å². The van der Waals surface area contributed by atoms with Gasteiger partial charge in [-0.3, -0.25) is 14.2 Å². The van der Waals surface area contributed by atoms with E-state index in [1.165, 1.54) is 173 Å². The molecular formula is C60H115N2O7P. The van der Waals surface area contributed by atoms with Crippen LogP contribution in [0.3, 0.4) is 0 Å². The Kier molecular flexibility index (Phi) is 49.5. The minimum Gasteiger partial charge on any atom is -0.756 e. The monoisotopic (exact) mass is 1010 g/mol. The molecule has 0 aliphatic rings. The smallest absolute Gasteiger partial charge is 0.306 e. The molecule has 1 N–H and O–H groups in total. The number of ether oxygens (including phenoxy) is 1. The first-order valence-electron chi connectivity index (χ1n) is 29.8. The van der Waals surface area contributed by atoms with Gasteiger partial charge in [-0.15, -0.1) is 0 Å². The van der Waals surface area contributed by atoms with Gasteiger partial charge in [0.15, 0.2) is 0 Å². The second-order valence-electron chi connectivity index (χ2n) is 21.5. The molecule has 0 rings (SSSR count). The highest BCUT2D eigenvalue weighted by Gasteiger charge is 2.27. The number of rotatable bonds is 54. The number of hydrogen-bond donors (Lipinski definition) is 1. The molecule has 0 saturated heterocycles. The van der Waals surface area contributed by atoms with Gasteiger partial charge in [-0.1, -0.05) is 244 Å². The molecule has 0 saturated carbocycles. The van der Waals surface area contributed by atoms with Crippen molar-refractivity contribution in [1.82, 2.24) is 5.32 Å². The molecule has 0 aliphatic heterocycles. The second-order valence-corrected chi connectivity index (χ2v) is 22.9. The van der Waals surface area contributed by atoms with Crippen LogP contribution in [0, 0.1) is 0 Å². The molecule has 10 heteroatoms. The zero-order valence-electron chi connectivity index (χ0n) is 47.0. The number of nitrogens with one attached hydrogen (secondary N) is 1. The van der Waals surface area contributed by atoms with Crippen LogP contribution in [0.1, 0.15) is 284 Å². The minimum absolute atomic E-state index is 0.0211. The lowest BCUT2D eigenvalue weighted by molar-refractivity contribution is -0.870. The van der Waals surface area contributed by atoms with Gasteiger partial charge in [0.1, 0.15) is 19.3 Å². The number of likely N-dealkylation sites (N-methyl/N-ethyl adjacent to an activating group) is 1. The first kappa shape index (κ1) is 68.2. The normalized spacial score (nSPS) is 14.0. The maximum absolute atomic E-state index is 13.5. The molecule has 1 amide bonds. The molecule has 0 spiro atoms. The fraction of sp³-hybridized carbons (Fsp3) is 0.867. The molecular weight excluding hydrogens is 892 g/mol. The van der Waals surface area contributed by atoms with E-state index in [1.807, 2.05) is 33.3 Å². The van der Waals surface area contributed by atoms with Crippen molar-refractivity contribution in [2.45, 2.75) is 296 Å². The lowest BCUT2D eigenvalue weighted by Gasteiger charge is -2.30. The summed E-state index contributed by atoms with van der Waals surface area (Å²) in [4.78, 5) is 39.9. The molecule has 70 heavy (non-hydrogen) atoms. The van der Waals surface area contributed by atoms with Gasteiger partial charge in [0.2, 0.25) is 5.91 Å². The van der Waals surface area contributed by atoms with Crippen LogP contribution in [0.5, 0.6) is 0 Å². The number of hydrogen-bond acceptors (Lipinski definition) is 7. The number of unbranched alkanes of at least 4 members (excludes halogenated alkanes) is 34. The van der Waals surface area contributed by atoms with Gasteiger partial charge in [-0.25, -0.2) is 0 Å². The van der Waals surface area contributed by atoms with Crippen LogP contribution in [-0.2, 0) is 27.9 Å². The molecule has 3 atom stereocenters. The van der Waals surface area contributed by atoms with E-state index in [0.717, 1.165) is 77.0 Å². The Morgan fingerprint density at radius 3 is 1.31 bits per heavy atom. The Balaban J connectivity index is 5.26. The summed E-state index contributed by atoms with van der Waals surface area (Å²) in [5.74, 6) is -0.535. The van der Waals surface area contributed by atoms with Crippen LogP contribution < -0.4 is 10.2 Å². The number of phosphoric acid groups is 1. The summed E-state index contributed by atoms with van der Waals surface area (Å²) in [5, 5.41) is 3.03. The number of allylic oxidation sites excluding steroid dienone is 5. The van der Waals surface area contributed by atoms with Crippen LogP contribution in [0.2, 0.25) is 0 Å². The molecule has 0 aromatic heterocycles. The largest absolute Gasteiger partial charge is 0.756 e. The summed E-state index contributed by atoms with van der Waals surface area (Å²) in [5.41, 5.74) is 0. The van der Waals surface area contributed by atoms with E-state index in [0.29, 0.717) is 17.4 Å². The fourth-order valence-electron chi connectivity index (χ4n) is 8.67. The number of carbonyl (C=O) groups excluding carboxylic acids is 2. The quantitative estimate of drug-likeness (QED) is 0.0212. The lowest BCUT2D eigenvalue weighted by Crippen LogP contribution is -2.47. The number of quaternary nitrogens is 1. The van der Waals surface area contributed by atoms with Gasteiger partial charge >= 0.3 is 5.97 Å². The molecule has 412 valence electrons. The van der Waals surface area contributed by atoms with Crippen molar-refractivity contribution < 1.29 is 37.3 Å². The van der Waals surface area contributed by atoms with E-state index >= 15 is 0 Å². The van der Waals surface area contributed by atoms with Crippen LogP contribution >= 0.6 is 7.82 Å². The molecule has 3 unspecified atom stereocenters. The Hall–Kier alpha value is -1.77. The predicted octanol–water partition coefficient (Wildman–Crippen LogP) is 17.3. The summed E-state index contributed by atoms with van der Waals surface area (Å²) in [6, 6.07) is -0.885. The third-order valence-corrected chi connectivity index (χ3v) is 14.3. The Bertz CT molecular complexity index is 1300. The molecule has 0 bridgehead atoms. The maximum atomic E-state index is 13.5. The third-order valence-electron chi connectivity index (χ3n) is 13.3. The zero-order valence-corrected chi connectivity index (χ0v) is 47.9. The van der Waals surface area contributed by atoms with E-state index in [-0.39, 0.29) is 31.5 Å². The van der Waals surface area contributed by atoms with Gasteiger partial charge in [0.25, 0.3) is 7.82 Å². The highest BCUT2D eigenvalue weighted by atomic mass is 31.2.